The first-order valence-corrected chi connectivity index (χ1v) is 7.39. The highest BCUT2D eigenvalue weighted by molar-refractivity contribution is 6.23. The maximum atomic E-state index is 12.4. The molecule has 5 heteroatoms. The minimum Gasteiger partial charge on any atom is -0.320 e. The largest absolute Gasteiger partial charge is 0.320 e. The summed E-state index contributed by atoms with van der Waals surface area (Å²) in [7, 11) is 1.79. The minimum absolute atomic E-state index is 0.0394. The molecule has 0 saturated carbocycles. The number of hydrogen-bond acceptors (Lipinski definition) is 4. The molecule has 0 saturated heterocycles. The standard InChI is InChI=1S/C17H22N4O/c1-11(2)19-20-16-12(3)17(22)21(4)15-8-7-13(6-5-9-18)10-14(15)16/h7-8,10-12,19H,9,18H2,1-4H3/b20-16+/t12-/m1/s1. The van der Waals surface area contributed by atoms with E-state index in [1.807, 2.05) is 39.0 Å². The van der Waals surface area contributed by atoms with Crippen molar-refractivity contribution in [3.05, 3.63) is 29.3 Å². The van der Waals surface area contributed by atoms with Crippen LogP contribution in [-0.4, -0.2) is 31.3 Å². The van der Waals surface area contributed by atoms with E-state index in [2.05, 4.69) is 22.4 Å². The lowest BCUT2D eigenvalue weighted by molar-refractivity contribution is -0.119. The first-order chi connectivity index (χ1) is 10.5. The smallest absolute Gasteiger partial charge is 0.235 e. The van der Waals surface area contributed by atoms with Crippen molar-refractivity contribution < 1.29 is 4.79 Å². The Morgan fingerprint density at radius 1 is 1.45 bits per heavy atom. The van der Waals surface area contributed by atoms with E-state index in [0.717, 1.165) is 22.5 Å². The Morgan fingerprint density at radius 2 is 2.18 bits per heavy atom. The Balaban J connectivity index is 2.54. The van der Waals surface area contributed by atoms with Crippen LogP contribution < -0.4 is 16.1 Å². The lowest BCUT2D eigenvalue weighted by atomic mass is 9.90. The summed E-state index contributed by atoms with van der Waals surface area (Å²) in [6, 6.07) is 5.98. The van der Waals surface area contributed by atoms with Gasteiger partial charge in [0.15, 0.2) is 0 Å². The van der Waals surface area contributed by atoms with E-state index < -0.39 is 0 Å². The summed E-state index contributed by atoms with van der Waals surface area (Å²) in [5, 5.41) is 4.46. The summed E-state index contributed by atoms with van der Waals surface area (Å²) in [4.78, 5) is 14.0. The number of nitrogens with two attached hydrogens (primary N) is 1. The van der Waals surface area contributed by atoms with Crippen molar-refractivity contribution in [1.29, 1.82) is 0 Å². The summed E-state index contributed by atoms with van der Waals surface area (Å²) in [6.07, 6.45) is 0. The van der Waals surface area contributed by atoms with Gasteiger partial charge in [0.05, 0.1) is 23.9 Å². The molecule has 3 N–H and O–H groups in total. The molecule has 0 aromatic heterocycles. The van der Waals surface area contributed by atoms with Gasteiger partial charge in [0.2, 0.25) is 5.91 Å². The molecule has 0 fully saturated rings. The average molecular weight is 298 g/mol. The average Bonchev–Trinajstić information content (AvgIpc) is 2.50. The SMILES string of the molecule is CC(C)N/N=C1/c2cc(C#CCN)ccc2N(C)C(=O)[C@@H]1C. The Morgan fingerprint density at radius 3 is 2.82 bits per heavy atom. The van der Waals surface area contributed by atoms with Gasteiger partial charge < -0.3 is 16.1 Å². The van der Waals surface area contributed by atoms with Gasteiger partial charge in [-0.2, -0.15) is 5.10 Å². The van der Waals surface area contributed by atoms with Gasteiger partial charge in [-0.3, -0.25) is 4.79 Å². The minimum atomic E-state index is -0.290. The van der Waals surface area contributed by atoms with E-state index in [-0.39, 0.29) is 17.9 Å². The van der Waals surface area contributed by atoms with Crippen molar-refractivity contribution >= 4 is 17.3 Å². The molecule has 1 aromatic rings. The third kappa shape index (κ3) is 3.12. The second kappa shape index (κ2) is 6.63. The highest BCUT2D eigenvalue weighted by atomic mass is 16.2. The van der Waals surface area contributed by atoms with Crippen LogP contribution in [0.25, 0.3) is 0 Å². The molecule has 1 aliphatic rings. The highest BCUT2D eigenvalue weighted by Gasteiger charge is 2.33. The van der Waals surface area contributed by atoms with E-state index >= 15 is 0 Å². The number of nitrogens with one attached hydrogen (secondary N) is 1. The fourth-order valence-corrected chi connectivity index (χ4v) is 2.38. The quantitative estimate of drug-likeness (QED) is 0.639. The molecular formula is C17H22N4O. The molecule has 1 aliphatic heterocycles. The third-order valence-electron chi connectivity index (χ3n) is 3.52. The maximum Gasteiger partial charge on any atom is 0.235 e. The van der Waals surface area contributed by atoms with Crippen LogP contribution in [0.3, 0.4) is 0 Å². The van der Waals surface area contributed by atoms with Gasteiger partial charge in [0.1, 0.15) is 0 Å². The molecule has 1 atom stereocenters. The molecule has 5 nitrogen and oxygen atoms in total. The lowest BCUT2D eigenvalue weighted by Gasteiger charge is -2.31. The Hall–Kier alpha value is -2.32. The van der Waals surface area contributed by atoms with Crippen LogP contribution in [0.5, 0.6) is 0 Å². The zero-order chi connectivity index (χ0) is 16.3. The van der Waals surface area contributed by atoms with Crippen LogP contribution >= 0.6 is 0 Å². The third-order valence-corrected chi connectivity index (χ3v) is 3.52. The molecule has 116 valence electrons. The van der Waals surface area contributed by atoms with Crippen LogP contribution in [0.1, 0.15) is 31.9 Å². The summed E-state index contributed by atoms with van der Waals surface area (Å²) in [5.74, 6) is 5.63. The van der Waals surface area contributed by atoms with Crippen LogP contribution in [0, 0.1) is 17.8 Å². The van der Waals surface area contributed by atoms with Gasteiger partial charge >= 0.3 is 0 Å². The monoisotopic (exact) mass is 298 g/mol. The molecule has 1 aromatic carbocycles. The molecule has 2 rings (SSSR count). The predicted molar refractivity (Wildman–Crippen MR) is 89.8 cm³/mol. The second-order valence-electron chi connectivity index (χ2n) is 5.64. The molecule has 1 heterocycles. The molecule has 22 heavy (non-hydrogen) atoms. The van der Waals surface area contributed by atoms with Crippen molar-refractivity contribution in [3.63, 3.8) is 0 Å². The summed E-state index contributed by atoms with van der Waals surface area (Å²) < 4.78 is 0. The zero-order valence-corrected chi connectivity index (χ0v) is 13.5. The Kier molecular flexibility index (Phi) is 4.84. The number of hydrazone groups is 1. The second-order valence-corrected chi connectivity index (χ2v) is 5.64. The topological polar surface area (TPSA) is 70.7 Å². The molecule has 0 unspecified atom stereocenters. The number of nitrogens with zero attached hydrogens (tertiary/aromatic N) is 2. The summed E-state index contributed by atoms with van der Waals surface area (Å²) >= 11 is 0. The van der Waals surface area contributed by atoms with Gasteiger partial charge in [-0.1, -0.05) is 11.8 Å². The van der Waals surface area contributed by atoms with Crippen molar-refractivity contribution in [2.45, 2.75) is 26.8 Å². The predicted octanol–water partition coefficient (Wildman–Crippen LogP) is 1.31. The van der Waals surface area contributed by atoms with Gasteiger partial charge in [-0.05, 0) is 39.0 Å². The Labute approximate surface area is 131 Å². The van der Waals surface area contributed by atoms with E-state index in [1.54, 1.807) is 11.9 Å². The van der Waals surface area contributed by atoms with Crippen LogP contribution in [0.2, 0.25) is 0 Å². The summed E-state index contributed by atoms with van der Waals surface area (Å²) in [5.41, 5.74) is 11.9. The number of amides is 1. The molecular weight excluding hydrogens is 276 g/mol. The van der Waals surface area contributed by atoms with Gasteiger partial charge in [0, 0.05) is 24.2 Å². The zero-order valence-electron chi connectivity index (χ0n) is 13.5. The van der Waals surface area contributed by atoms with E-state index in [4.69, 9.17) is 5.73 Å². The number of hydrogen-bond donors (Lipinski definition) is 2. The number of rotatable bonds is 2. The number of carbonyl (C=O) groups is 1. The maximum absolute atomic E-state index is 12.4. The van der Waals surface area contributed by atoms with Gasteiger partial charge in [-0.25, -0.2) is 0 Å². The molecule has 0 bridgehead atoms. The Bertz CT molecular complexity index is 667. The first kappa shape index (κ1) is 16.1. The van der Waals surface area contributed by atoms with Crippen molar-refractivity contribution in [1.82, 2.24) is 5.43 Å². The van der Waals surface area contributed by atoms with Crippen LogP contribution in [0.15, 0.2) is 23.3 Å². The van der Waals surface area contributed by atoms with Crippen LogP contribution in [0.4, 0.5) is 5.69 Å². The molecule has 0 aliphatic carbocycles. The van der Waals surface area contributed by atoms with E-state index in [1.165, 1.54) is 0 Å². The highest BCUT2D eigenvalue weighted by Crippen LogP contribution is 2.30. The number of benzene rings is 1. The summed E-state index contributed by atoms with van der Waals surface area (Å²) in [6.45, 7) is 6.22. The number of carbonyl (C=O) groups excluding carboxylic acids is 1. The fraction of sp³-hybridized carbons (Fsp3) is 0.412. The van der Waals surface area contributed by atoms with Crippen molar-refractivity contribution in [2.24, 2.45) is 16.8 Å². The van der Waals surface area contributed by atoms with E-state index in [0.29, 0.717) is 6.54 Å². The van der Waals surface area contributed by atoms with E-state index in [9.17, 15) is 4.79 Å². The number of anilines is 1. The normalized spacial score (nSPS) is 19.0. The molecule has 0 radical (unpaired) electrons. The van der Waals surface area contributed by atoms with Crippen molar-refractivity contribution in [2.75, 3.05) is 18.5 Å². The fourth-order valence-electron chi connectivity index (χ4n) is 2.38. The first-order valence-electron chi connectivity index (χ1n) is 7.39. The number of fused-ring (bicyclic) bond motifs is 1. The molecule has 1 amide bonds. The van der Waals surface area contributed by atoms with Gasteiger partial charge in [0.25, 0.3) is 0 Å². The molecule has 0 spiro atoms. The van der Waals surface area contributed by atoms with Crippen LogP contribution in [-0.2, 0) is 4.79 Å². The van der Waals surface area contributed by atoms with Gasteiger partial charge in [-0.15, -0.1) is 0 Å². The lowest BCUT2D eigenvalue weighted by Crippen LogP contribution is -2.42. The van der Waals surface area contributed by atoms with Crippen molar-refractivity contribution in [3.8, 4) is 11.8 Å².